The van der Waals surface area contributed by atoms with Crippen molar-refractivity contribution >= 4 is 15.9 Å². The molecule has 2 nitrogen and oxygen atoms in total. The molecule has 2 aromatic carbocycles. The second-order valence-corrected chi connectivity index (χ2v) is 5.04. The van der Waals surface area contributed by atoms with Gasteiger partial charge in [0.25, 0.3) is 0 Å². The Kier molecular flexibility index (Phi) is 4.93. The highest BCUT2D eigenvalue weighted by atomic mass is 79.9. The van der Waals surface area contributed by atoms with Crippen molar-refractivity contribution in [2.24, 2.45) is 0 Å². The molecule has 0 radical (unpaired) electrons. The number of nitrogens with one attached hydrogen (secondary N) is 1. The Hall–Kier alpha value is -1.39. The van der Waals surface area contributed by atoms with E-state index in [0.717, 1.165) is 27.9 Å². The zero-order chi connectivity index (χ0) is 13.7. The quantitative estimate of drug-likeness (QED) is 0.901. The molecule has 0 aliphatic carbocycles. The molecule has 19 heavy (non-hydrogen) atoms. The van der Waals surface area contributed by atoms with Crippen LogP contribution in [0.2, 0.25) is 0 Å². The molecule has 0 unspecified atom stereocenters. The molecule has 0 aliphatic heterocycles. The van der Waals surface area contributed by atoms with Gasteiger partial charge in [0, 0.05) is 17.6 Å². The maximum Gasteiger partial charge on any atom is 0.123 e. The van der Waals surface area contributed by atoms with E-state index in [1.54, 1.807) is 13.2 Å². The minimum absolute atomic E-state index is 0.218. The lowest BCUT2D eigenvalue weighted by molar-refractivity contribution is 0.414. The molecule has 0 fully saturated rings. The van der Waals surface area contributed by atoms with E-state index in [9.17, 15) is 4.39 Å². The highest BCUT2D eigenvalue weighted by molar-refractivity contribution is 9.10. The molecule has 0 bridgehead atoms. The summed E-state index contributed by atoms with van der Waals surface area (Å²) in [6.45, 7) is 1.34. The molecule has 0 atom stereocenters. The zero-order valence-electron chi connectivity index (χ0n) is 10.6. The third kappa shape index (κ3) is 4.04. The first-order chi connectivity index (χ1) is 9.19. The van der Waals surface area contributed by atoms with Crippen LogP contribution in [0.1, 0.15) is 11.1 Å². The van der Waals surface area contributed by atoms with Gasteiger partial charge >= 0.3 is 0 Å². The van der Waals surface area contributed by atoms with E-state index in [1.165, 1.54) is 12.1 Å². The Bertz CT molecular complexity index is 542. The van der Waals surface area contributed by atoms with E-state index >= 15 is 0 Å². The Morgan fingerprint density at radius 2 is 1.84 bits per heavy atom. The number of hydrogen-bond acceptors (Lipinski definition) is 2. The van der Waals surface area contributed by atoms with Crippen molar-refractivity contribution < 1.29 is 9.13 Å². The van der Waals surface area contributed by atoms with Crippen molar-refractivity contribution in [2.75, 3.05) is 7.11 Å². The van der Waals surface area contributed by atoms with Gasteiger partial charge in [-0.1, -0.05) is 28.1 Å². The van der Waals surface area contributed by atoms with Crippen LogP contribution in [-0.4, -0.2) is 7.11 Å². The van der Waals surface area contributed by atoms with E-state index in [2.05, 4.69) is 21.2 Å². The van der Waals surface area contributed by atoms with Crippen LogP contribution in [0.3, 0.4) is 0 Å². The van der Waals surface area contributed by atoms with Gasteiger partial charge in [0.15, 0.2) is 0 Å². The lowest BCUT2D eigenvalue weighted by atomic mass is 10.2. The smallest absolute Gasteiger partial charge is 0.123 e. The number of ether oxygens (including phenoxy) is 1. The van der Waals surface area contributed by atoms with Crippen LogP contribution in [0.5, 0.6) is 5.75 Å². The van der Waals surface area contributed by atoms with Gasteiger partial charge in [0.2, 0.25) is 0 Å². The summed E-state index contributed by atoms with van der Waals surface area (Å²) in [6, 6.07) is 12.6. The number of benzene rings is 2. The van der Waals surface area contributed by atoms with E-state index in [1.807, 2.05) is 24.3 Å². The largest absolute Gasteiger partial charge is 0.497 e. The van der Waals surface area contributed by atoms with Crippen LogP contribution in [0, 0.1) is 5.82 Å². The highest BCUT2D eigenvalue weighted by Crippen LogP contribution is 2.18. The lowest BCUT2D eigenvalue weighted by Crippen LogP contribution is -2.13. The Morgan fingerprint density at radius 1 is 1.11 bits per heavy atom. The fourth-order valence-electron chi connectivity index (χ4n) is 1.76. The predicted octanol–water partition coefficient (Wildman–Crippen LogP) is 3.89. The van der Waals surface area contributed by atoms with E-state index in [-0.39, 0.29) is 5.82 Å². The number of rotatable bonds is 5. The third-order valence-corrected chi connectivity index (χ3v) is 3.59. The average molecular weight is 324 g/mol. The van der Waals surface area contributed by atoms with Crippen LogP contribution in [0.4, 0.5) is 4.39 Å². The number of hydrogen-bond donors (Lipinski definition) is 1. The first kappa shape index (κ1) is 14.0. The minimum Gasteiger partial charge on any atom is -0.497 e. The van der Waals surface area contributed by atoms with Crippen molar-refractivity contribution in [2.45, 2.75) is 13.1 Å². The molecular weight excluding hydrogens is 309 g/mol. The van der Waals surface area contributed by atoms with Crippen molar-refractivity contribution in [3.05, 3.63) is 63.9 Å². The molecule has 0 aromatic heterocycles. The molecule has 0 aliphatic rings. The molecule has 0 spiro atoms. The van der Waals surface area contributed by atoms with Gasteiger partial charge in [0.05, 0.1) is 7.11 Å². The molecular formula is C15H15BrFNO. The third-order valence-electron chi connectivity index (χ3n) is 2.81. The van der Waals surface area contributed by atoms with Crippen molar-refractivity contribution in [1.29, 1.82) is 0 Å². The molecule has 4 heteroatoms. The molecule has 0 heterocycles. The Balaban J connectivity index is 1.90. The van der Waals surface area contributed by atoms with Gasteiger partial charge in [-0.05, 0) is 41.5 Å². The van der Waals surface area contributed by atoms with E-state index in [0.29, 0.717) is 6.54 Å². The summed E-state index contributed by atoms with van der Waals surface area (Å²) in [5, 5.41) is 3.29. The lowest BCUT2D eigenvalue weighted by Gasteiger charge is -2.08. The summed E-state index contributed by atoms with van der Waals surface area (Å²) in [6.07, 6.45) is 0. The van der Waals surface area contributed by atoms with Gasteiger partial charge in [0.1, 0.15) is 11.6 Å². The number of methoxy groups -OCH3 is 1. The fourth-order valence-corrected chi connectivity index (χ4v) is 2.15. The minimum atomic E-state index is -0.218. The zero-order valence-corrected chi connectivity index (χ0v) is 12.2. The summed E-state index contributed by atoms with van der Waals surface area (Å²) in [4.78, 5) is 0. The SMILES string of the molecule is COc1ccc(CNCc2cc(F)ccc2Br)cc1. The first-order valence-electron chi connectivity index (χ1n) is 5.96. The fraction of sp³-hybridized carbons (Fsp3) is 0.200. The first-order valence-corrected chi connectivity index (χ1v) is 6.76. The Morgan fingerprint density at radius 3 is 2.53 bits per heavy atom. The van der Waals surface area contributed by atoms with Crippen LogP contribution in [0.25, 0.3) is 0 Å². The van der Waals surface area contributed by atoms with Crippen molar-refractivity contribution in [1.82, 2.24) is 5.32 Å². The van der Waals surface area contributed by atoms with Crippen LogP contribution < -0.4 is 10.1 Å². The summed E-state index contributed by atoms with van der Waals surface area (Å²) < 4.78 is 19.1. The second kappa shape index (κ2) is 6.68. The summed E-state index contributed by atoms with van der Waals surface area (Å²) in [7, 11) is 1.65. The summed E-state index contributed by atoms with van der Waals surface area (Å²) in [5.74, 6) is 0.626. The maximum atomic E-state index is 13.1. The van der Waals surface area contributed by atoms with Crippen LogP contribution in [0.15, 0.2) is 46.9 Å². The van der Waals surface area contributed by atoms with Crippen molar-refractivity contribution in [3.63, 3.8) is 0 Å². The second-order valence-electron chi connectivity index (χ2n) is 4.19. The standard InChI is InChI=1S/C15H15BrFNO/c1-19-14-5-2-11(3-6-14)9-18-10-12-8-13(17)4-7-15(12)16/h2-8,18H,9-10H2,1H3. The normalized spacial score (nSPS) is 10.5. The molecule has 1 N–H and O–H groups in total. The monoisotopic (exact) mass is 323 g/mol. The van der Waals surface area contributed by atoms with Gasteiger partial charge < -0.3 is 10.1 Å². The molecule has 0 amide bonds. The topological polar surface area (TPSA) is 21.3 Å². The molecule has 100 valence electrons. The summed E-state index contributed by atoms with van der Waals surface area (Å²) in [5.41, 5.74) is 2.07. The Labute approximate surface area is 120 Å². The molecule has 2 aromatic rings. The van der Waals surface area contributed by atoms with Crippen molar-refractivity contribution in [3.8, 4) is 5.75 Å². The summed E-state index contributed by atoms with van der Waals surface area (Å²) >= 11 is 3.41. The van der Waals surface area contributed by atoms with E-state index < -0.39 is 0 Å². The molecule has 0 saturated heterocycles. The highest BCUT2D eigenvalue weighted by Gasteiger charge is 2.01. The number of halogens is 2. The average Bonchev–Trinajstić information content (AvgIpc) is 2.43. The van der Waals surface area contributed by atoms with Gasteiger partial charge in [-0.3, -0.25) is 0 Å². The van der Waals surface area contributed by atoms with Gasteiger partial charge in [-0.25, -0.2) is 4.39 Å². The van der Waals surface area contributed by atoms with Gasteiger partial charge in [-0.2, -0.15) is 0 Å². The molecule has 0 saturated carbocycles. The predicted molar refractivity (Wildman–Crippen MR) is 77.6 cm³/mol. The maximum absolute atomic E-state index is 13.1. The van der Waals surface area contributed by atoms with Crippen LogP contribution >= 0.6 is 15.9 Å². The van der Waals surface area contributed by atoms with Gasteiger partial charge in [-0.15, -0.1) is 0 Å². The van der Waals surface area contributed by atoms with E-state index in [4.69, 9.17) is 4.74 Å². The van der Waals surface area contributed by atoms with Crippen LogP contribution in [-0.2, 0) is 13.1 Å². The molecule has 2 rings (SSSR count).